The Morgan fingerprint density at radius 3 is 2.32 bits per heavy atom. The zero-order valence-electron chi connectivity index (χ0n) is 16.3. The molecule has 0 unspecified atom stereocenters. The van der Waals surface area contributed by atoms with E-state index in [1.54, 1.807) is 0 Å². The van der Waals surface area contributed by atoms with Gasteiger partial charge in [0.05, 0.1) is 18.7 Å². The minimum atomic E-state index is -0.208. The van der Waals surface area contributed by atoms with Crippen LogP contribution in [0.3, 0.4) is 0 Å². The van der Waals surface area contributed by atoms with Crippen LogP contribution in [0.2, 0.25) is 0 Å². The van der Waals surface area contributed by atoms with Crippen molar-refractivity contribution in [2.24, 2.45) is 5.92 Å². The van der Waals surface area contributed by atoms with Gasteiger partial charge in [0.1, 0.15) is 0 Å². The van der Waals surface area contributed by atoms with Gasteiger partial charge in [-0.3, -0.25) is 4.79 Å². The van der Waals surface area contributed by atoms with Crippen LogP contribution in [0, 0.1) is 5.92 Å². The zero-order valence-corrected chi connectivity index (χ0v) is 16.3. The fraction of sp³-hybridized carbons (Fsp3) is 0.636. The van der Waals surface area contributed by atoms with Crippen LogP contribution in [-0.4, -0.2) is 53.2 Å². The Morgan fingerprint density at radius 2 is 1.71 bits per heavy atom. The first-order valence-corrected chi connectivity index (χ1v) is 10.7. The highest BCUT2D eigenvalue weighted by molar-refractivity contribution is 5.82. The van der Waals surface area contributed by atoms with Gasteiger partial charge in [0.15, 0.2) is 0 Å². The highest BCUT2D eigenvalue weighted by atomic mass is 16.3. The molecule has 1 saturated heterocycles. The molecule has 3 aliphatic rings. The number of hydrogen-bond donors (Lipinski definition) is 3. The first-order chi connectivity index (χ1) is 13.7. The Bertz CT molecular complexity index is 686. The quantitative estimate of drug-likeness (QED) is 0.703. The molecule has 4 rings (SSSR count). The van der Waals surface area contributed by atoms with E-state index < -0.39 is 0 Å². The Kier molecular flexibility index (Phi) is 5.85. The maximum Gasteiger partial charge on any atom is 0.315 e. The first kappa shape index (κ1) is 19.2. The molecule has 0 radical (unpaired) electrons. The number of likely N-dealkylation sites (tertiary alicyclic amines) is 1. The van der Waals surface area contributed by atoms with Gasteiger partial charge < -0.3 is 20.6 Å². The fourth-order valence-corrected chi connectivity index (χ4v) is 4.99. The van der Waals surface area contributed by atoms with Crippen LogP contribution < -0.4 is 10.6 Å². The molecule has 2 aliphatic carbocycles. The maximum absolute atomic E-state index is 13.0. The highest BCUT2D eigenvalue weighted by Crippen LogP contribution is 2.43. The molecular weight excluding hydrogens is 354 g/mol. The van der Waals surface area contributed by atoms with E-state index in [4.69, 9.17) is 0 Å². The fourth-order valence-electron chi connectivity index (χ4n) is 4.99. The summed E-state index contributed by atoms with van der Waals surface area (Å²) in [6.45, 7) is 0.357. The van der Waals surface area contributed by atoms with Crippen LogP contribution in [0.15, 0.2) is 30.3 Å². The van der Waals surface area contributed by atoms with E-state index in [-0.39, 0.29) is 48.5 Å². The average Bonchev–Trinajstić information content (AvgIpc) is 3.13. The number of aliphatic hydroxyl groups is 1. The van der Waals surface area contributed by atoms with E-state index in [2.05, 4.69) is 10.6 Å². The number of aliphatic hydroxyl groups excluding tert-OH is 1. The standard InChI is InChI=1S/C22H31N3O3/c26-14-19-20(15-7-2-1-3-8-15)18(25(19)21(27)16-9-6-10-16)13-23-22(28)24-17-11-4-5-12-17/h1-3,7-8,16-20,26H,4-6,9-14H2,(H2,23,24,28)/t18-,19+,20-/m1/s1. The second-order valence-corrected chi connectivity index (χ2v) is 8.46. The van der Waals surface area contributed by atoms with E-state index in [0.29, 0.717) is 6.54 Å². The van der Waals surface area contributed by atoms with Crippen molar-refractivity contribution in [3.05, 3.63) is 35.9 Å². The number of carbonyl (C=O) groups is 2. The molecule has 3 N–H and O–H groups in total. The molecule has 1 heterocycles. The smallest absolute Gasteiger partial charge is 0.315 e. The summed E-state index contributed by atoms with van der Waals surface area (Å²) in [6, 6.07) is 9.83. The third kappa shape index (κ3) is 3.75. The van der Waals surface area contributed by atoms with Crippen molar-refractivity contribution in [3.8, 4) is 0 Å². The molecule has 1 aromatic carbocycles. The number of carbonyl (C=O) groups excluding carboxylic acids is 2. The third-order valence-corrected chi connectivity index (χ3v) is 6.79. The summed E-state index contributed by atoms with van der Waals surface area (Å²) in [5, 5.41) is 16.0. The summed E-state index contributed by atoms with van der Waals surface area (Å²) in [7, 11) is 0. The monoisotopic (exact) mass is 385 g/mol. The molecular formula is C22H31N3O3. The van der Waals surface area contributed by atoms with Gasteiger partial charge in [0, 0.05) is 24.4 Å². The topological polar surface area (TPSA) is 81.7 Å². The SMILES string of the molecule is O=C(NC[C@@H]1[C@@H](c2ccccc2)[C@H](CO)N1C(=O)C1CCC1)NC1CCCC1. The van der Waals surface area contributed by atoms with E-state index in [1.807, 2.05) is 35.2 Å². The second kappa shape index (κ2) is 8.52. The van der Waals surface area contributed by atoms with Crippen LogP contribution in [0.4, 0.5) is 4.79 Å². The largest absolute Gasteiger partial charge is 0.394 e. The second-order valence-electron chi connectivity index (χ2n) is 8.46. The number of urea groups is 1. The van der Waals surface area contributed by atoms with Crippen molar-refractivity contribution in [1.82, 2.24) is 15.5 Å². The van der Waals surface area contributed by atoms with Crippen molar-refractivity contribution in [3.63, 3.8) is 0 Å². The number of rotatable bonds is 6. The number of hydrogen-bond acceptors (Lipinski definition) is 3. The Balaban J connectivity index is 1.45. The molecule has 1 aromatic rings. The molecule has 2 saturated carbocycles. The van der Waals surface area contributed by atoms with E-state index in [0.717, 1.165) is 37.7 Å². The lowest BCUT2D eigenvalue weighted by Crippen LogP contribution is -2.70. The predicted molar refractivity (Wildman–Crippen MR) is 107 cm³/mol. The van der Waals surface area contributed by atoms with Gasteiger partial charge >= 0.3 is 6.03 Å². The maximum atomic E-state index is 13.0. The molecule has 6 nitrogen and oxygen atoms in total. The lowest BCUT2D eigenvalue weighted by atomic mass is 9.72. The van der Waals surface area contributed by atoms with Gasteiger partial charge in [-0.05, 0) is 31.2 Å². The summed E-state index contributed by atoms with van der Waals surface area (Å²) in [4.78, 5) is 27.2. The van der Waals surface area contributed by atoms with Gasteiger partial charge in [-0.1, -0.05) is 49.6 Å². The molecule has 1 aliphatic heterocycles. The summed E-state index contributed by atoms with van der Waals surface area (Å²) in [5.74, 6) is 0.267. The van der Waals surface area contributed by atoms with Crippen molar-refractivity contribution < 1.29 is 14.7 Å². The van der Waals surface area contributed by atoms with Gasteiger partial charge in [-0.2, -0.15) is 0 Å². The summed E-state index contributed by atoms with van der Waals surface area (Å²) in [5.41, 5.74) is 1.11. The van der Waals surface area contributed by atoms with Crippen molar-refractivity contribution >= 4 is 11.9 Å². The number of nitrogens with zero attached hydrogens (tertiary/aromatic N) is 1. The van der Waals surface area contributed by atoms with Gasteiger partial charge in [0.25, 0.3) is 0 Å². The minimum Gasteiger partial charge on any atom is -0.394 e. The van der Waals surface area contributed by atoms with Gasteiger partial charge in [-0.25, -0.2) is 4.79 Å². The normalized spacial score (nSPS) is 27.8. The van der Waals surface area contributed by atoms with E-state index in [1.165, 1.54) is 12.8 Å². The number of nitrogens with one attached hydrogen (secondary N) is 2. The summed E-state index contributed by atoms with van der Waals surface area (Å²) >= 11 is 0. The number of amides is 3. The van der Waals surface area contributed by atoms with Crippen LogP contribution >= 0.6 is 0 Å². The van der Waals surface area contributed by atoms with Crippen molar-refractivity contribution in [1.29, 1.82) is 0 Å². The molecule has 3 amide bonds. The predicted octanol–water partition coefficient (Wildman–Crippen LogP) is 2.38. The first-order valence-electron chi connectivity index (χ1n) is 10.7. The Morgan fingerprint density at radius 1 is 1.00 bits per heavy atom. The molecule has 28 heavy (non-hydrogen) atoms. The lowest BCUT2D eigenvalue weighted by molar-refractivity contribution is -0.157. The summed E-state index contributed by atoms with van der Waals surface area (Å²) < 4.78 is 0. The van der Waals surface area contributed by atoms with Crippen LogP contribution in [0.25, 0.3) is 0 Å². The Labute approximate surface area is 166 Å². The van der Waals surface area contributed by atoms with Crippen molar-refractivity contribution in [2.75, 3.05) is 13.2 Å². The minimum absolute atomic E-state index is 0.0435. The Hall–Kier alpha value is -2.08. The molecule has 152 valence electrons. The molecule has 0 spiro atoms. The summed E-state index contributed by atoms with van der Waals surface area (Å²) in [6.07, 6.45) is 7.40. The zero-order chi connectivity index (χ0) is 19.5. The molecule has 6 heteroatoms. The molecule has 3 atom stereocenters. The average molecular weight is 386 g/mol. The van der Waals surface area contributed by atoms with E-state index in [9.17, 15) is 14.7 Å². The number of benzene rings is 1. The van der Waals surface area contributed by atoms with Crippen LogP contribution in [-0.2, 0) is 4.79 Å². The molecule has 0 bridgehead atoms. The molecule has 0 aromatic heterocycles. The van der Waals surface area contributed by atoms with Crippen molar-refractivity contribution in [2.45, 2.75) is 69.0 Å². The van der Waals surface area contributed by atoms with Crippen LogP contribution in [0.1, 0.15) is 56.4 Å². The van der Waals surface area contributed by atoms with E-state index >= 15 is 0 Å². The third-order valence-electron chi connectivity index (χ3n) is 6.79. The van der Waals surface area contributed by atoms with Crippen LogP contribution in [0.5, 0.6) is 0 Å². The lowest BCUT2D eigenvalue weighted by Gasteiger charge is -2.56. The van der Waals surface area contributed by atoms with Gasteiger partial charge in [-0.15, -0.1) is 0 Å². The highest BCUT2D eigenvalue weighted by Gasteiger charge is 2.52. The van der Waals surface area contributed by atoms with Gasteiger partial charge in [0.2, 0.25) is 5.91 Å². The molecule has 3 fully saturated rings.